The van der Waals surface area contributed by atoms with Gasteiger partial charge in [0.1, 0.15) is 6.07 Å². The Kier molecular flexibility index (Phi) is 2.61. The van der Waals surface area contributed by atoms with Gasteiger partial charge in [-0.3, -0.25) is 4.79 Å². The average Bonchev–Trinajstić information content (AvgIpc) is 2.69. The Balaban J connectivity index is 2.29. The third kappa shape index (κ3) is 1.88. The Bertz CT molecular complexity index is 602. The Morgan fingerprint density at radius 3 is 2.81 bits per heavy atom. The van der Waals surface area contributed by atoms with Gasteiger partial charge in [0, 0.05) is 0 Å². The number of nitrogens with one attached hydrogen (secondary N) is 1. The van der Waals surface area contributed by atoms with Crippen molar-refractivity contribution in [2.45, 2.75) is 0 Å². The number of nitrogens with zero attached hydrogens (tertiary/aromatic N) is 4. The number of hydrogen-bond acceptors (Lipinski definition) is 4. The first-order chi connectivity index (χ1) is 7.81. The van der Waals surface area contributed by atoms with Crippen LogP contribution in [0.2, 0.25) is 0 Å². The summed E-state index contributed by atoms with van der Waals surface area (Å²) in [4.78, 5) is 12.3. The number of nitriles is 1. The van der Waals surface area contributed by atoms with Crippen LogP contribution in [0.15, 0.2) is 40.2 Å². The molecule has 0 bridgehead atoms. The summed E-state index contributed by atoms with van der Waals surface area (Å²) in [6.07, 6.45) is 1.50. The van der Waals surface area contributed by atoms with Crippen molar-refractivity contribution in [3.05, 3.63) is 51.9 Å². The first kappa shape index (κ1) is 9.86. The van der Waals surface area contributed by atoms with E-state index in [-0.39, 0.29) is 5.69 Å². The standard InChI is InChI=1S/C10H7N5O/c11-6-9-10(16)15(14-13-9)12-7-8-4-2-1-3-5-8/h1-5,7,14H. The summed E-state index contributed by atoms with van der Waals surface area (Å²) in [5, 5.41) is 18.2. The highest BCUT2D eigenvalue weighted by Crippen LogP contribution is 1.93. The Morgan fingerprint density at radius 2 is 2.19 bits per heavy atom. The van der Waals surface area contributed by atoms with E-state index < -0.39 is 5.56 Å². The molecule has 0 spiro atoms. The molecule has 1 aromatic carbocycles. The summed E-state index contributed by atoms with van der Waals surface area (Å²) >= 11 is 0. The van der Waals surface area contributed by atoms with Crippen molar-refractivity contribution in [2.24, 2.45) is 5.10 Å². The minimum absolute atomic E-state index is 0.204. The molecule has 0 amide bonds. The minimum atomic E-state index is -0.560. The molecule has 0 saturated heterocycles. The molecule has 16 heavy (non-hydrogen) atoms. The van der Waals surface area contributed by atoms with E-state index in [1.165, 1.54) is 6.21 Å². The quantitative estimate of drug-likeness (QED) is 0.729. The lowest BCUT2D eigenvalue weighted by atomic mass is 10.2. The van der Waals surface area contributed by atoms with Crippen molar-refractivity contribution < 1.29 is 0 Å². The molecular weight excluding hydrogens is 206 g/mol. The van der Waals surface area contributed by atoms with Gasteiger partial charge in [0.15, 0.2) is 0 Å². The fourth-order valence-corrected chi connectivity index (χ4v) is 1.11. The molecule has 0 aliphatic heterocycles. The summed E-state index contributed by atoms with van der Waals surface area (Å²) in [6, 6.07) is 11.0. The van der Waals surface area contributed by atoms with Gasteiger partial charge in [-0.1, -0.05) is 30.3 Å². The first-order valence-corrected chi connectivity index (χ1v) is 4.48. The highest BCUT2D eigenvalue weighted by atomic mass is 16.1. The van der Waals surface area contributed by atoms with Crippen LogP contribution in [0.25, 0.3) is 0 Å². The molecule has 0 radical (unpaired) electrons. The third-order valence-electron chi connectivity index (χ3n) is 1.88. The van der Waals surface area contributed by atoms with Gasteiger partial charge in [-0.25, -0.2) is 0 Å². The first-order valence-electron chi connectivity index (χ1n) is 4.48. The van der Waals surface area contributed by atoms with Gasteiger partial charge in [0.25, 0.3) is 0 Å². The second-order valence-corrected chi connectivity index (χ2v) is 2.94. The molecule has 0 saturated carbocycles. The van der Waals surface area contributed by atoms with Crippen molar-refractivity contribution in [1.29, 1.82) is 5.26 Å². The smallest absolute Gasteiger partial charge is 0.262 e. The van der Waals surface area contributed by atoms with Crippen molar-refractivity contribution in [3.8, 4) is 6.07 Å². The van der Waals surface area contributed by atoms with Gasteiger partial charge in [0.2, 0.25) is 5.69 Å². The van der Waals surface area contributed by atoms with Crippen molar-refractivity contribution >= 4 is 6.21 Å². The molecule has 0 fully saturated rings. The predicted octanol–water partition coefficient (Wildman–Crippen LogP) is 0.325. The lowest BCUT2D eigenvalue weighted by Crippen LogP contribution is -2.14. The zero-order valence-corrected chi connectivity index (χ0v) is 8.16. The number of benzene rings is 1. The number of rotatable bonds is 2. The fraction of sp³-hybridized carbons (Fsp3) is 0. The number of H-pyrrole nitrogens is 1. The van der Waals surface area contributed by atoms with Crippen LogP contribution in [0.3, 0.4) is 0 Å². The lowest BCUT2D eigenvalue weighted by molar-refractivity contribution is 0.678. The molecular formula is C10H7N5O. The van der Waals surface area contributed by atoms with E-state index in [1.54, 1.807) is 6.07 Å². The summed E-state index contributed by atoms with van der Waals surface area (Å²) in [5.41, 5.74) is 0.0856. The van der Waals surface area contributed by atoms with Crippen molar-refractivity contribution in [3.63, 3.8) is 0 Å². The molecule has 6 heteroatoms. The average molecular weight is 213 g/mol. The van der Waals surface area contributed by atoms with Gasteiger partial charge in [-0.05, 0) is 5.56 Å². The topological polar surface area (TPSA) is 86.8 Å². The fourth-order valence-electron chi connectivity index (χ4n) is 1.11. The maximum Gasteiger partial charge on any atom is 0.326 e. The monoisotopic (exact) mass is 213 g/mol. The molecule has 0 atom stereocenters. The van der Waals surface area contributed by atoms with Crippen LogP contribution < -0.4 is 5.56 Å². The van der Waals surface area contributed by atoms with E-state index in [0.717, 1.165) is 10.4 Å². The van der Waals surface area contributed by atoms with Crippen LogP contribution in [0.4, 0.5) is 0 Å². The molecule has 6 nitrogen and oxygen atoms in total. The van der Waals surface area contributed by atoms with E-state index in [1.807, 2.05) is 30.3 Å². The van der Waals surface area contributed by atoms with E-state index in [0.29, 0.717) is 0 Å². The van der Waals surface area contributed by atoms with Gasteiger partial charge in [0.05, 0.1) is 6.21 Å². The van der Waals surface area contributed by atoms with Crippen LogP contribution in [-0.2, 0) is 0 Å². The summed E-state index contributed by atoms with van der Waals surface area (Å²) in [5.74, 6) is 0. The molecule has 1 N–H and O–H groups in total. The SMILES string of the molecule is N#Cc1n[nH]n(N=Cc2ccccc2)c1=O. The molecule has 78 valence electrons. The van der Waals surface area contributed by atoms with E-state index >= 15 is 0 Å². The van der Waals surface area contributed by atoms with Crippen molar-refractivity contribution in [1.82, 2.24) is 15.1 Å². The summed E-state index contributed by atoms with van der Waals surface area (Å²) in [7, 11) is 0. The summed E-state index contributed by atoms with van der Waals surface area (Å²) in [6.45, 7) is 0. The van der Waals surface area contributed by atoms with Crippen LogP contribution >= 0.6 is 0 Å². The molecule has 0 unspecified atom stereocenters. The van der Waals surface area contributed by atoms with Crippen LogP contribution in [-0.4, -0.2) is 21.3 Å². The molecule has 2 rings (SSSR count). The number of hydrogen-bond donors (Lipinski definition) is 1. The Labute approximate surface area is 90.4 Å². The van der Waals surface area contributed by atoms with Gasteiger partial charge < -0.3 is 0 Å². The normalized spacial score (nSPS) is 10.4. The van der Waals surface area contributed by atoms with E-state index in [9.17, 15) is 4.79 Å². The van der Waals surface area contributed by atoms with Gasteiger partial charge >= 0.3 is 5.56 Å². The third-order valence-corrected chi connectivity index (χ3v) is 1.88. The van der Waals surface area contributed by atoms with Crippen molar-refractivity contribution in [2.75, 3.05) is 0 Å². The summed E-state index contributed by atoms with van der Waals surface area (Å²) < 4.78 is 0. The molecule has 0 aliphatic carbocycles. The number of aromatic nitrogens is 3. The maximum absolute atomic E-state index is 11.4. The van der Waals surface area contributed by atoms with Crippen LogP contribution in [0, 0.1) is 11.3 Å². The highest BCUT2D eigenvalue weighted by molar-refractivity contribution is 5.79. The maximum atomic E-state index is 11.4. The molecule has 1 aromatic heterocycles. The zero-order chi connectivity index (χ0) is 11.4. The lowest BCUT2D eigenvalue weighted by Gasteiger charge is -1.90. The van der Waals surface area contributed by atoms with Crippen LogP contribution in [0.1, 0.15) is 11.3 Å². The van der Waals surface area contributed by atoms with E-state index in [2.05, 4.69) is 15.4 Å². The Hall–Kier alpha value is -2.68. The Morgan fingerprint density at radius 1 is 1.44 bits per heavy atom. The number of aromatic amines is 1. The molecule has 2 aromatic rings. The molecule has 0 aliphatic rings. The van der Waals surface area contributed by atoms with Gasteiger partial charge in [-0.2, -0.15) is 15.6 Å². The van der Waals surface area contributed by atoms with Crippen LogP contribution in [0.5, 0.6) is 0 Å². The zero-order valence-electron chi connectivity index (χ0n) is 8.16. The highest BCUT2D eigenvalue weighted by Gasteiger charge is 2.04. The second kappa shape index (κ2) is 4.23. The van der Waals surface area contributed by atoms with Gasteiger partial charge in [-0.15, -0.1) is 9.89 Å². The largest absolute Gasteiger partial charge is 0.326 e. The minimum Gasteiger partial charge on any atom is -0.262 e. The predicted molar refractivity (Wildman–Crippen MR) is 57.0 cm³/mol. The molecule has 1 heterocycles. The van der Waals surface area contributed by atoms with E-state index in [4.69, 9.17) is 5.26 Å². The second-order valence-electron chi connectivity index (χ2n) is 2.94.